The zero-order valence-corrected chi connectivity index (χ0v) is 19.5. The van der Waals surface area contributed by atoms with E-state index in [1.165, 1.54) is 43.5 Å². The van der Waals surface area contributed by atoms with Crippen LogP contribution < -0.4 is 14.8 Å². The fraction of sp³-hybridized carbons (Fsp3) is 0.0357. The van der Waals surface area contributed by atoms with Gasteiger partial charge in [-0.1, -0.05) is 42.5 Å². The molecule has 0 radical (unpaired) electrons. The number of anilines is 1. The maximum atomic E-state index is 13.0. The Morgan fingerprint density at radius 3 is 2.41 bits per heavy atom. The Labute approximate surface area is 211 Å². The number of ether oxygens (including phenoxy) is 2. The van der Waals surface area contributed by atoms with Crippen molar-refractivity contribution in [2.24, 2.45) is 0 Å². The molecule has 182 valence electrons. The number of benzene rings is 4. The second-order valence-electron chi connectivity index (χ2n) is 7.75. The molecule has 1 amide bonds. The number of esters is 1. The van der Waals surface area contributed by atoms with Crippen molar-refractivity contribution in [2.75, 3.05) is 12.4 Å². The number of nitro benzene ring substituents is 1. The molecule has 0 aliphatic rings. The molecule has 0 aliphatic heterocycles. The van der Waals surface area contributed by atoms with Crippen molar-refractivity contribution in [3.05, 3.63) is 112 Å². The molecule has 4 aromatic rings. The highest BCUT2D eigenvalue weighted by atomic mass is 16.6. The molecule has 37 heavy (non-hydrogen) atoms. The van der Waals surface area contributed by atoms with E-state index in [1.54, 1.807) is 24.3 Å². The monoisotopic (exact) mass is 493 g/mol. The van der Waals surface area contributed by atoms with Gasteiger partial charge < -0.3 is 14.8 Å². The number of nitriles is 1. The lowest BCUT2D eigenvalue weighted by molar-refractivity contribution is -0.384. The minimum atomic E-state index is -0.707. The molecule has 0 unspecified atom stereocenters. The Morgan fingerprint density at radius 2 is 1.70 bits per heavy atom. The molecule has 0 saturated carbocycles. The van der Waals surface area contributed by atoms with Crippen molar-refractivity contribution in [1.82, 2.24) is 0 Å². The summed E-state index contributed by atoms with van der Waals surface area (Å²) in [7, 11) is 1.43. The summed E-state index contributed by atoms with van der Waals surface area (Å²) in [6.45, 7) is 0. The van der Waals surface area contributed by atoms with E-state index in [4.69, 9.17) is 9.47 Å². The smallest absolute Gasteiger partial charge is 0.344 e. The van der Waals surface area contributed by atoms with E-state index in [1.807, 2.05) is 36.4 Å². The third-order valence-electron chi connectivity index (χ3n) is 5.41. The van der Waals surface area contributed by atoms with Crippen LogP contribution in [0, 0.1) is 21.4 Å². The fourth-order valence-electron chi connectivity index (χ4n) is 3.60. The maximum Gasteiger partial charge on any atom is 0.344 e. The van der Waals surface area contributed by atoms with Gasteiger partial charge in [-0.3, -0.25) is 14.9 Å². The van der Waals surface area contributed by atoms with Crippen LogP contribution in [0.4, 0.5) is 11.4 Å². The zero-order valence-electron chi connectivity index (χ0n) is 19.5. The highest BCUT2D eigenvalue weighted by Crippen LogP contribution is 2.31. The summed E-state index contributed by atoms with van der Waals surface area (Å²) in [6.07, 6.45) is 1.33. The van der Waals surface area contributed by atoms with Gasteiger partial charge in [0.25, 0.3) is 11.6 Å². The number of amides is 1. The Kier molecular flexibility index (Phi) is 7.21. The van der Waals surface area contributed by atoms with Crippen molar-refractivity contribution >= 4 is 40.1 Å². The van der Waals surface area contributed by atoms with E-state index in [0.717, 1.165) is 10.8 Å². The van der Waals surface area contributed by atoms with Crippen LogP contribution in [0.25, 0.3) is 16.8 Å². The van der Waals surface area contributed by atoms with E-state index >= 15 is 0 Å². The SMILES string of the molecule is COc1ccc(C=C(C#N)C(=O)Nc2ccc([N+](=O)[O-])cc2)cc1OC(=O)c1cccc2ccccc12. The molecule has 0 aromatic heterocycles. The van der Waals surface area contributed by atoms with E-state index in [2.05, 4.69) is 5.32 Å². The molecular weight excluding hydrogens is 474 g/mol. The average molecular weight is 493 g/mol. The summed E-state index contributed by atoms with van der Waals surface area (Å²) in [5.41, 5.74) is 0.724. The van der Waals surface area contributed by atoms with Gasteiger partial charge in [-0.15, -0.1) is 0 Å². The first-order chi connectivity index (χ1) is 17.9. The van der Waals surface area contributed by atoms with Gasteiger partial charge in [-0.25, -0.2) is 4.79 Å². The Balaban J connectivity index is 1.58. The first kappa shape index (κ1) is 24.6. The van der Waals surface area contributed by atoms with Crippen molar-refractivity contribution < 1.29 is 24.0 Å². The van der Waals surface area contributed by atoms with Gasteiger partial charge in [0, 0.05) is 17.8 Å². The van der Waals surface area contributed by atoms with Gasteiger partial charge in [0.05, 0.1) is 17.6 Å². The largest absolute Gasteiger partial charge is 0.493 e. The van der Waals surface area contributed by atoms with E-state index in [-0.39, 0.29) is 22.7 Å². The van der Waals surface area contributed by atoms with Crippen molar-refractivity contribution in [2.45, 2.75) is 0 Å². The van der Waals surface area contributed by atoms with Crippen LogP contribution in [-0.2, 0) is 4.79 Å². The first-order valence-corrected chi connectivity index (χ1v) is 10.9. The minimum Gasteiger partial charge on any atom is -0.493 e. The number of carbonyl (C=O) groups is 2. The summed E-state index contributed by atoms with van der Waals surface area (Å²) in [4.78, 5) is 35.9. The van der Waals surface area contributed by atoms with Crippen LogP contribution >= 0.6 is 0 Å². The number of carbonyl (C=O) groups excluding carboxylic acids is 2. The van der Waals surface area contributed by atoms with Crippen molar-refractivity contribution in [3.63, 3.8) is 0 Å². The lowest BCUT2D eigenvalue weighted by Crippen LogP contribution is -2.13. The molecule has 9 nitrogen and oxygen atoms in total. The normalized spacial score (nSPS) is 10.9. The number of nitro groups is 1. The van der Waals surface area contributed by atoms with Crippen LogP contribution in [0.5, 0.6) is 11.5 Å². The number of methoxy groups -OCH3 is 1. The Hall–Kier alpha value is -5.49. The Bertz CT molecular complexity index is 1580. The van der Waals surface area contributed by atoms with Gasteiger partial charge in [0.2, 0.25) is 0 Å². The number of fused-ring (bicyclic) bond motifs is 1. The van der Waals surface area contributed by atoms with Gasteiger partial charge in [0.15, 0.2) is 11.5 Å². The molecule has 1 N–H and O–H groups in total. The maximum absolute atomic E-state index is 13.0. The van der Waals surface area contributed by atoms with Crippen molar-refractivity contribution in [3.8, 4) is 17.6 Å². The molecular formula is C28H19N3O6. The molecule has 4 aromatic carbocycles. The lowest BCUT2D eigenvalue weighted by atomic mass is 10.0. The lowest BCUT2D eigenvalue weighted by Gasteiger charge is -2.11. The summed E-state index contributed by atoms with van der Waals surface area (Å²) in [5, 5.41) is 24.5. The van der Waals surface area contributed by atoms with Gasteiger partial charge in [0.1, 0.15) is 11.6 Å². The molecule has 9 heteroatoms. The number of rotatable bonds is 7. The molecule has 0 aliphatic carbocycles. The Morgan fingerprint density at radius 1 is 0.973 bits per heavy atom. The molecule has 0 bridgehead atoms. The summed E-state index contributed by atoms with van der Waals surface area (Å²) < 4.78 is 11.0. The topological polar surface area (TPSA) is 132 Å². The second-order valence-corrected chi connectivity index (χ2v) is 7.75. The number of hydrogen-bond acceptors (Lipinski definition) is 7. The van der Waals surface area contributed by atoms with Crippen LogP contribution in [0.2, 0.25) is 0 Å². The predicted molar refractivity (Wildman–Crippen MR) is 137 cm³/mol. The van der Waals surface area contributed by atoms with Crippen LogP contribution in [0.1, 0.15) is 15.9 Å². The second kappa shape index (κ2) is 10.8. The number of hydrogen-bond donors (Lipinski definition) is 1. The molecule has 0 heterocycles. The van der Waals surface area contributed by atoms with Crippen LogP contribution in [0.15, 0.2) is 90.5 Å². The third kappa shape index (κ3) is 5.61. The standard InChI is InChI=1S/C28H19N3O6/c1-36-25-14-9-18(15-20(17-29)27(32)30-21-10-12-22(13-11-21)31(34)35)16-26(25)37-28(33)24-8-4-6-19-5-2-3-7-23(19)24/h2-16H,1H3,(H,30,32). The van der Waals surface area contributed by atoms with Crippen LogP contribution in [0.3, 0.4) is 0 Å². The summed E-state index contributed by atoms with van der Waals surface area (Å²) >= 11 is 0. The zero-order chi connectivity index (χ0) is 26.4. The predicted octanol–water partition coefficient (Wildman–Crippen LogP) is 5.52. The molecule has 0 spiro atoms. The van der Waals surface area contributed by atoms with Gasteiger partial charge in [-0.05, 0) is 52.7 Å². The fourth-order valence-corrected chi connectivity index (χ4v) is 3.60. The molecule has 4 rings (SSSR count). The quantitative estimate of drug-likeness (QED) is 0.0895. The molecule has 0 atom stereocenters. The summed E-state index contributed by atoms with van der Waals surface area (Å²) in [5.74, 6) is -0.893. The molecule has 0 fully saturated rings. The van der Waals surface area contributed by atoms with E-state index in [0.29, 0.717) is 16.9 Å². The van der Waals surface area contributed by atoms with Gasteiger partial charge >= 0.3 is 5.97 Å². The number of nitrogens with one attached hydrogen (secondary N) is 1. The van der Waals surface area contributed by atoms with E-state index < -0.39 is 16.8 Å². The first-order valence-electron chi connectivity index (χ1n) is 10.9. The highest BCUT2D eigenvalue weighted by molar-refractivity contribution is 6.10. The third-order valence-corrected chi connectivity index (χ3v) is 5.41. The van der Waals surface area contributed by atoms with E-state index in [9.17, 15) is 25.0 Å². The van der Waals surface area contributed by atoms with Gasteiger partial charge in [-0.2, -0.15) is 5.26 Å². The minimum absolute atomic E-state index is 0.113. The molecule has 0 saturated heterocycles. The highest BCUT2D eigenvalue weighted by Gasteiger charge is 2.17. The average Bonchev–Trinajstić information content (AvgIpc) is 2.91. The number of non-ortho nitro benzene ring substituents is 1. The van der Waals surface area contributed by atoms with Crippen molar-refractivity contribution in [1.29, 1.82) is 5.26 Å². The van der Waals surface area contributed by atoms with Crippen LogP contribution in [-0.4, -0.2) is 23.9 Å². The summed E-state index contributed by atoms with van der Waals surface area (Å²) in [6, 6.07) is 24.4. The number of nitrogens with zero attached hydrogens (tertiary/aromatic N) is 2.